The van der Waals surface area contributed by atoms with E-state index in [0.29, 0.717) is 0 Å². The molecule has 0 heterocycles. The van der Waals surface area contributed by atoms with Crippen LogP contribution in [-0.2, 0) is 4.74 Å². The summed E-state index contributed by atoms with van der Waals surface area (Å²) in [4.78, 5) is 2.20. The lowest BCUT2D eigenvalue weighted by molar-refractivity contribution is 0.205. The smallest absolute Gasteiger partial charge is 0.0639 e. The van der Waals surface area contributed by atoms with Crippen LogP contribution in [0.5, 0.6) is 0 Å². The van der Waals surface area contributed by atoms with Crippen LogP contribution in [0.15, 0.2) is 24.3 Å². The summed E-state index contributed by atoms with van der Waals surface area (Å²) in [6.07, 6.45) is 0. The van der Waals surface area contributed by atoms with Crippen molar-refractivity contribution in [2.24, 2.45) is 0 Å². The predicted molar refractivity (Wildman–Crippen MR) is 61.2 cm³/mol. The summed E-state index contributed by atoms with van der Waals surface area (Å²) in [6.45, 7) is 4.64. The average molecular weight is 214 g/mol. The number of nitrogens with zero attached hydrogens (tertiary/aromatic N) is 1. The molecule has 0 saturated heterocycles. The minimum Gasteiger partial charge on any atom is -0.383 e. The van der Waals surface area contributed by atoms with E-state index in [4.69, 9.17) is 16.3 Å². The van der Waals surface area contributed by atoms with E-state index in [-0.39, 0.29) is 0 Å². The average Bonchev–Trinajstić information content (AvgIpc) is 2.21. The van der Waals surface area contributed by atoms with Gasteiger partial charge in [0.15, 0.2) is 0 Å². The van der Waals surface area contributed by atoms with Crippen LogP contribution in [0.3, 0.4) is 0 Å². The molecule has 1 aromatic rings. The second-order valence-corrected chi connectivity index (χ2v) is 3.43. The molecule has 14 heavy (non-hydrogen) atoms. The third kappa shape index (κ3) is 2.89. The fraction of sp³-hybridized carbons (Fsp3) is 0.455. The van der Waals surface area contributed by atoms with Gasteiger partial charge in [-0.05, 0) is 19.1 Å². The second kappa shape index (κ2) is 5.89. The van der Waals surface area contributed by atoms with Crippen LogP contribution in [0.4, 0.5) is 5.69 Å². The molecule has 0 unspecified atom stereocenters. The fourth-order valence-electron chi connectivity index (χ4n) is 1.36. The first kappa shape index (κ1) is 11.3. The second-order valence-electron chi connectivity index (χ2n) is 3.02. The zero-order chi connectivity index (χ0) is 10.4. The summed E-state index contributed by atoms with van der Waals surface area (Å²) in [5.74, 6) is 0. The molecule has 1 rings (SSSR count). The summed E-state index contributed by atoms with van der Waals surface area (Å²) in [7, 11) is 1.71. The number of methoxy groups -OCH3 is 1. The minimum absolute atomic E-state index is 0.721. The minimum atomic E-state index is 0.721. The van der Waals surface area contributed by atoms with Gasteiger partial charge in [0.1, 0.15) is 0 Å². The van der Waals surface area contributed by atoms with Crippen LogP contribution in [0.2, 0.25) is 5.02 Å². The molecule has 0 aromatic heterocycles. The van der Waals surface area contributed by atoms with E-state index in [0.717, 1.165) is 30.4 Å². The summed E-state index contributed by atoms with van der Waals surface area (Å²) >= 11 is 6.09. The van der Waals surface area contributed by atoms with E-state index in [1.807, 2.05) is 24.3 Å². The molecule has 0 aliphatic heterocycles. The molecular formula is C11H16ClNO. The van der Waals surface area contributed by atoms with Crippen LogP contribution in [-0.4, -0.2) is 26.8 Å². The van der Waals surface area contributed by atoms with E-state index in [1.54, 1.807) is 7.11 Å². The zero-order valence-electron chi connectivity index (χ0n) is 8.66. The fourth-order valence-corrected chi connectivity index (χ4v) is 1.61. The molecule has 0 amide bonds. The lowest BCUT2D eigenvalue weighted by Crippen LogP contribution is -2.26. The van der Waals surface area contributed by atoms with Crippen molar-refractivity contribution in [3.05, 3.63) is 29.3 Å². The Bertz CT molecular complexity index is 278. The van der Waals surface area contributed by atoms with Crippen molar-refractivity contribution in [2.75, 3.05) is 31.7 Å². The number of hydrogen-bond acceptors (Lipinski definition) is 2. The first-order chi connectivity index (χ1) is 6.79. The van der Waals surface area contributed by atoms with Crippen molar-refractivity contribution in [3.8, 4) is 0 Å². The Kier molecular flexibility index (Phi) is 4.77. The highest BCUT2D eigenvalue weighted by Crippen LogP contribution is 2.24. The molecule has 0 spiro atoms. The Balaban J connectivity index is 2.73. The number of anilines is 1. The first-order valence-corrected chi connectivity index (χ1v) is 5.15. The number of likely N-dealkylation sites (N-methyl/N-ethyl adjacent to an activating group) is 1. The molecule has 0 N–H and O–H groups in total. The van der Waals surface area contributed by atoms with Gasteiger partial charge in [0.05, 0.1) is 17.3 Å². The van der Waals surface area contributed by atoms with Crippen molar-refractivity contribution in [1.29, 1.82) is 0 Å². The van der Waals surface area contributed by atoms with Crippen LogP contribution >= 0.6 is 11.6 Å². The normalized spacial score (nSPS) is 10.2. The van der Waals surface area contributed by atoms with Crippen molar-refractivity contribution in [1.82, 2.24) is 0 Å². The molecule has 2 nitrogen and oxygen atoms in total. The van der Waals surface area contributed by atoms with Crippen LogP contribution in [0, 0.1) is 0 Å². The highest BCUT2D eigenvalue weighted by molar-refractivity contribution is 6.33. The van der Waals surface area contributed by atoms with Gasteiger partial charge in [0.2, 0.25) is 0 Å². The Hall–Kier alpha value is -0.730. The highest BCUT2D eigenvalue weighted by atomic mass is 35.5. The number of hydrogen-bond donors (Lipinski definition) is 0. The number of benzene rings is 1. The molecule has 3 heteroatoms. The van der Waals surface area contributed by atoms with E-state index in [2.05, 4.69) is 11.8 Å². The van der Waals surface area contributed by atoms with Gasteiger partial charge in [-0.3, -0.25) is 0 Å². The third-order valence-electron chi connectivity index (χ3n) is 2.14. The third-order valence-corrected chi connectivity index (χ3v) is 2.46. The molecule has 0 bridgehead atoms. The van der Waals surface area contributed by atoms with Gasteiger partial charge in [-0.25, -0.2) is 0 Å². The van der Waals surface area contributed by atoms with Gasteiger partial charge in [0, 0.05) is 20.2 Å². The molecule has 78 valence electrons. The standard InChI is InChI=1S/C11H16ClNO/c1-3-13(8-9-14-2)11-7-5-4-6-10(11)12/h4-7H,3,8-9H2,1-2H3. The van der Waals surface area contributed by atoms with Crippen molar-refractivity contribution < 1.29 is 4.74 Å². The summed E-state index contributed by atoms with van der Waals surface area (Å²) in [5, 5.41) is 0.797. The Morgan fingerprint density at radius 1 is 1.36 bits per heavy atom. The summed E-state index contributed by atoms with van der Waals surface area (Å²) in [5.41, 5.74) is 1.08. The van der Waals surface area contributed by atoms with E-state index < -0.39 is 0 Å². The quantitative estimate of drug-likeness (QED) is 0.746. The Morgan fingerprint density at radius 3 is 2.64 bits per heavy atom. The summed E-state index contributed by atoms with van der Waals surface area (Å²) < 4.78 is 5.05. The number of ether oxygens (including phenoxy) is 1. The predicted octanol–water partition coefficient (Wildman–Crippen LogP) is 2.81. The maximum absolute atomic E-state index is 6.09. The number of halogens is 1. The van der Waals surface area contributed by atoms with Crippen molar-refractivity contribution in [3.63, 3.8) is 0 Å². The van der Waals surface area contributed by atoms with E-state index >= 15 is 0 Å². The van der Waals surface area contributed by atoms with Gasteiger partial charge >= 0.3 is 0 Å². The number of para-hydroxylation sites is 1. The van der Waals surface area contributed by atoms with Crippen molar-refractivity contribution >= 4 is 17.3 Å². The zero-order valence-corrected chi connectivity index (χ0v) is 9.42. The van der Waals surface area contributed by atoms with Gasteiger partial charge in [-0.2, -0.15) is 0 Å². The Labute approximate surface area is 90.4 Å². The first-order valence-electron chi connectivity index (χ1n) is 4.78. The molecule has 0 radical (unpaired) electrons. The molecule has 0 aliphatic carbocycles. The number of rotatable bonds is 5. The lowest BCUT2D eigenvalue weighted by atomic mass is 10.3. The summed E-state index contributed by atoms with van der Waals surface area (Å²) in [6, 6.07) is 7.88. The Morgan fingerprint density at radius 2 is 2.07 bits per heavy atom. The lowest BCUT2D eigenvalue weighted by Gasteiger charge is -2.23. The molecule has 0 fully saturated rings. The topological polar surface area (TPSA) is 12.5 Å². The van der Waals surface area contributed by atoms with Crippen LogP contribution in [0.1, 0.15) is 6.92 Å². The maximum Gasteiger partial charge on any atom is 0.0639 e. The molecule has 0 atom stereocenters. The van der Waals surface area contributed by atoms with Gasteiger partial charge in [-0.1, -0.05) is 23.7 Å². The SMILES string of the molecule is CCN(CCOC)c1ccccc1Cl. The van der Waals surface area contributed by atoms with E-state index in [9.17, 15) is 0 Å². The van der Waals surface area contributed by atoms with Crippen LogP contribution in [0.25, 0.3) is 0 Å². The monoisotopic (exact) mass is 213 g/mol. The molecular weight excluding hydrogens is 198 g/mol. The van der Waals surface area contributed by atoms with Gasteiger partial charge in [0.25, 0.3) is 0 Å². The van der Waals surface area contributed by atoms with Gasteiger partial charge < -0.3 is 9.64 Å². The largest absolute Gasteiger partial charge is 0.383 e. The van der Waals surface area contributed by atoms with Crippen molar-refractivity contribution in [2.45, 2.75) is 6.92 Å². The van der Waals surface area contributed by atoms with E-state index in [1.165, 1.54) is 0 Å². The van der Waals surface area contributed by atoms with Gasteiger partial charge in [-0.15, -0.1) is 0 Å². The molecule has 1 aromatic carbocycles. The molecule has 0 aliphatic rings. The maximum atomic E-state index is 6.09. The van der Waals surface area contributed by atoms with Crippen LogP contribution < -0.4 is 4.90 Å². The highest BCUT2D eigenvalue weighted by Gasteiger charge is 2.06. The molecule has 0 saturated carbocycles.